The molecule has 3 aromatic carbocycles. The van der Waals surface area contributed by atoms with Crippen LogP contribution in [0, 0.1) is 12.7 Å². The molecule has 1 aliphatic rings. The Morgan fingerprint density at radius 3 is 2.46 bits per heavy atom. The zero-order valence-corrected chi connectivity index (χ0v) is 20.9. The van der Waals surface area contributed by atoms with Gasteiger partial charge in [0.1, 0.15) is 5.82 Å². The van der Waals surface area contributed by atoms with Crippen LogP contribution in [0.25, 0.3) is 27.7 Å². The molecule has 8 heteroatoms. The van der Waals surface area contributed by atoms with Gasteiger partial charge in [-0.1, -0.05) is 35.9 Å². The lowest BCUT2D eigenvalue weighted by Crippen LogP contribution is -2.46. The number of carbonyl (C=O) groups is 1. The van der Waals surface area contributed by atoms with Crippen molar-refractivity contribution in [2.24, 2.45) is 0 Å². The minimum Gasteiger partial charge on any atom is -0.346 e. The molecule has 1 unspecified atom stereocenters. The van der Waals surface area contributed by atoms with Crippen molar-refractivity contribution < 1.29 is 17.6 Å². The molecule has 2 heterocycles. The third kappa shape index (κ3) is 4.34. The van der Waals surface area contributed by atoms with Gasteiger partial charge >= 0.3 is 0 Å². The first kappa shape index (κ1) is 23.6. The van der Waals surface area contributed by atoms with E-state index in [0.29, 0.717) is 17.0 Å². The van der Waals surface area contributed by atoms with E-state index in [1.165, 1.54) is 12.1 Å². The highest BCUT2D eigenvalue weighted by molar-refractivity contribution is 7.91. The Morgan fingerprint density at radius 1 is 1.09 bits per heavy atom. The van der Waals surface area contributed by atoms with Gasteiger partial charge in [-0.15, -0.1) is 0 Å². The number of fused-ring (bicyclic) bond motifs is 1. The molecule has 0 saturated carbocycles. The van der Waals surface area contributed by atoms with E-state index in [-0.39, 0.29) is 23.2 Å². The zero-order valence-electron chi connectivity index (χ0n) is 19.3. The maximum Gasteiger partial charge on any atom is 0.251 e. The maximum absolute atomic E-state index is 13.7. The monoisotopic (exact) mass is 510 g/mol. The number of sulfone groups is 1. The smallest absolute Gasteiger partial charge is 0.251 e. The predicted molar refractivity (Wildman–Crippen MR) is 138 cm³/mol. The van der Waals surface area contributed by atoms with Gasteiger partial charge in [-0.2, -0.15) is 0 Å². The van der Waals surface area contributed by atoms with Gasteiger partial charge in [0, 0.05) is 38.5 Å². The van der Waals surface area contributed by atoms with Crippen LogP contribution >= 0.6 is 11.6 Å². The predicted octanol–water partition coefficient (Wildman–Crippen LogP) is 5.71. The molecule has 1 saturated heterocycles. The molecule has 1 atom stereocenters. The number of amides is 1. The number of nitrogens with zero attached hydrogens (tertiary/aromatic N) is 1. The first-order chi connectivity index (χ1) is 16.6. The minimum absolute atomic E-state index is 0.0661. The van der Waals surface area contributed by atoms with E-state index in [0.717, 1.165) is 33.4 Å². The summed E-state index contributed by atoms with van der Waals surface area (Å²) in [6.07, 6.45) is 0.380. The van der Waals surface area contributed by atoms with Gasteiger partial charge in [0.2, 0.25) is 0 Å². The van der Waals surface area contributed by atoms with Crippen LogP contribution in [0.15, 0.2) is 66.7 Å². The average molecular weight is 511 g/mol. The number of rotatable bonds is 4. The van der Waals surface area contributed by atoms with Gasteiger partial charge in [0.05, 0.1) is 22.6 Å². The summed E-state index contributed by atoms with van der Waals surface area (Å²) < 4.78 is 39.6. The highest BCUT2D eigenvalue weighted by atomic mass is 35.5. The van der Waals surface area contributed by atoms with Gasteiger partial charge in [-0.25, -0.2) is 12.8 Å². The van der Waals surface area contributed by atoms with Crippen molar-refractivity contribution in [1.29, 1.82) is 0 Å². The quantitative estimate of drug-likeness (QED) is 0.382. The molecule has 0 aliphatic carbocycles. The standard InChI is InChI=1S/C27H24ClFN2O3S/c1-17-25(21-5-3-4-6-23(21)28)22-12-7-18(26(32)30-27(2)13-14-35(33,34)16-27)15-24(22)31(17)20-10-8-19(29)9-11-20/h3-12,15H,13-14,16H2,1-2H3,(H,30,32). The van der Waals surface area contributed by atoms with Crippen LogP contribution in [0.1, 0.15) is 29.4 Å². The van der Waals surface area contributed by atoms with Crippen LogP contribution < -0.4 is 5.32 Å². The van der Waals surface area contributed by atoms with Crippen LogP contribution in [0.3, 0.4) is 0 Å². The molecule has 1 aliphatic heterocycles. The fraction of sp³-hybridized carbons (Fsp3) is 0.222. The van der Waals surface area contributed by atoms with Crippen LogP contribution in [0.2, 0.25) is 5.02 Å². The van der Waals surface area contributed by atoms with Crippen LogP contribution in [0.4, 0.5) is 4.39 Å². The van der Waals surface area contributed by atoms with E-state index in [4.69, 9.17) is 11.6 Å². The van der Waals surface area contributed by atoms with Crippen molar-refractivity contribution in [3.63, 3.8) is 0 Å². The Hall–Kier alpha value is -3.16. The maximum atomic E-state index is 13.7. The number of hydrogen-bond donors (Lipinski definition) is 1. The second-order valence-electron chi connectivity index (χ2n) is 9.34. The first-order valence-electron chi connectivity index (χ1n) is 11.3. The molecule has 1 aromatic heterocycles. The molecule has 0 radical (unpaired) electrons. The summed E-state index contributed by atoms with van der Waals surface area (Å²) in [6, 6.07) is 19.1. The van der Waals surface area contributed by atoms with Crippen molar-refractivity contribution >= 4 is 38.2 Å². The lowest BCUT2D eigenvalue weighted by molar-refractivity contribution is 0.0915. The van der Waals surface area contributed by atoms with Crippen molar-refractivity contribution in [2.45, 2.75) is 25.8 Å². The molecular weight excluding hydrogens is 487 g/mol. The SMILES string of the molecule is Cc1c(-c2ccccc2Cl)c2ccc(C(=O)NC3(C)CCS(=O)(=O)C3)cc2n1-c1ccc(F)cc1. The highest BCUT2D eigenvalue weighted by Gasteiger charge is 2.39. The van der Waals surface area contributed by atoms with E-state index < -0.39 is 15.4 Å². The summed E-state index contributed by atoms with van der Waals surface area (Å²) in [5.74, 6) is -0.684. The molecule has 0 bridgehead atoms. The normalized spacial score (nSPS) is 19.2. The Bertz CT molecular complexity index is 1580. The van der Waals surface area contributed by atoms with Gasteiger partial charge in [-0.3, -0.25) is 4.79 Å². The Kier molecular flexibility index (Phi) is 5.73. The van der Waals surface area contributed by atoms with Gasteiger partial charge < -0.3 is 9.88 Å². The summed E-state index contributed by atoms with van der Waals surface area (Å²) in [7, 11) is -3.16. The molecular formula is C27H24ClFN2O3S. The molecule has 5 rings (SSSR count). The lowest BCUT2D eigenvalue weighted by atomic mass is 9.99. The fourth-order valence-electron chi connectivity index (χ4n) is 4.94. The van der Waals surface area contributed by atoms with Crippen molar-refractivity contribution in [3.05, 3.63) is 88.8 Å². The molecule has 1 amide bonds. The molecule has 1 fully saturated rings. The van der Waals surface area contributed by atoms with E-state index in [2.05, 4.69) is 5.32 Å². The van der Waals surface area contributed by atoms with E-state index in [1.54, 1.807) is 31.2 Å². The van der Waals surface area contributed by atoms with E-state index in [1.807, 2.05) is 41.8 Å². The number of benzene rings is 3. The summed E-state index contributed by atoms with van der Waals surface area (Å²) in [5.41, 5.74) is 3.80. The minimum atomic E-state index is -3.16. The highest BCUT2D eigenvalue weighted by Crippen LogP contribution is 2.40. The molecule has 35 heavy (non-hydrogen) atoms. The fourth-order valence-corrected chi connectivity index (χ4v) is 7.26. The summed E-state index contributed by atoms with van der Waals surface area (Å²) >= 11 is 6.55. The van der Waals surface area contributed by atoms with Gasteiger partial charge in [0.15, 0.2) is 9.84 Å². The number of carbonyl (C=O) groups excluding carboxylic acids is 1. The second kappa shape index (κ2) is 8.50. The Balaban J connectivity index is 1.66. The summed E-state index contributed by atoms with van der Waals surface area (Å²) in [5, 5.41) is 4.42. The van der Waals surface area contributed by atoms with Crippen LogP contribution in [-0.4, -0.2) is 35.9 Å². The van der Waals surface area contributed by atoms with Gasteiger partial charge in [-0.05, 0) is 62.7 Å². The first-order valence-corrected chi connectivity index (χ1v) is 13.5. The Morgan fingerprint density at radius 2 is 1.80 bits per heavy atom. The average Bonchev–Trinajstić information content (AvgIpc) is 3.25. The topological polar surface area (TPSA) is 68.2 Å². The molecule has 4 aromatic rings. The number of nitrogens with one attached hydrogen (secondary N) is 1. The zero-order chi connectivity index (χ0) is 25.0. The van der Waals surface area contributed by atoms with Crippen LogP contribution in [-0.2, 0) is 9.84 Å². The van der Waals surface area contributed by atoms with Crippen molar-refractivity contribution in [3.8, 4) is 16.8 Å². The third-order valence-corrected chi connectivity index (χ3v) is 8.85. The lowest BCUT2D eigenvalue weighted by Gasteiger charge is -2.24. The Labute approximate surface area is 208 Å². The summed E-state index contributed by atoms with van der Waals surface area (Å²) in [4.78, 5) is 13.2. The van der Waals surface area contributed by atoms with E-state index >= 15 is 0 Å². The molecule has 5 nitrogen and oxygen atoms in total. The molecule has 1 N–H and O–H groups in total. The van der Waals surface area contributed by atoms with Crippen molar-refractivity contribution in [1.82, 2.24) is 9.88 Å². The number of hydrogen-bond acceptors (Lipinski definition) is 3. The van der Waals surface area contributed by atoms with Gasteiger partial charge in [0.25, 0.3) is 5.91 Å². The second-order valence-corrected chi connectivity index (χ2v) is 11.9. The third-order valence-electron chi connectivity index (χ3n) is 6.61. The summed E-state index contributed by atoms with van der Waals surface area (Å²) in [6.45, 7) is 3.72. The van der Waals surface area contributed by atoms with Crippen LogP contribution in [0.5, 0.6) is 0 Å². The van der Waals surface area contributed by atoms with E-state index in [9.17, 15) is 17.6 Å². The molecule has 180 valence electrons. The molecule has 0 spiro atoms. The number of halogens is 2. The number of aromatic nitrogens is 1. The van der Waals surface area contributed by atoms with Crippen molar-refractivity contribution in [2.75, 3.05) is 11.5 Å². The largest absolute Gasteiger partial charge is 0.346 e.